The summed E-state index contributed by atoms with van der Waals surface area (Å²) in [5, 5.41) is 0. The topological polar surface area (TPSA) is 34.1 Å². The predicted octanol–water partition coefficient (Wildman–Crippen LogP) is 1.97. The summed E-state index contributed by atoms with van der Waals surface area (Å²) in [5.41, 5.74) is 0. The number of rotatable bonds is 0. The first kappa shape index (κ1) is 10.3. The molecule has 0 aromatic carbocycles. The minimum absolute atomic E-state index is 0.172. The van der Waals surface area contributed by atoms with Crippen LogP contribution in [-0.2, 0) is 9.59 Å². The molecule has 0 N–H and O–H groups in total. The molecule has 0 bridgehead atoms. The summed E-state index contributed by atoms with van der Waals surface area (Å²) >= 11 is 0. The van der Waals surface area contributed by atoms with Crippen LogP contribution in [-0.4, -0.2) is 11.6 Å². The minimum atomic E-state index is -0.173. The lowest BCUT2D eigenvalue weighted by Crippen LogP contribution is -2.22. The number of ketones is 2. The van der Waals surface area contributed by atoms with Crippen LogP contribution in [0.5, 0.6) is 0 Å². The van der Waals surface area contributed by atoms with Gasteiger partial charge in [-0.25, -0.2) is 0 Å². The van der Waals surface area contributed by atoms with E-state index in [-0.39, 0.29) is 11.6 Å². The lowest BCUT2D eigenvalue weighted by Gasteiger charge is -2.13. The Bertz CT molecular complexity index is 150. The number of hydrogen-bond acceptors (Lipinski definition) is 2. The summed E-state index contributed by atoms with van der Waals surface area (Å²) < 4.78 is 0. The van der Waals surface area contributed by atoms with Crippen LogP contribution in [0.25, 0.3) is 0 Å². The summed E-state index contributed by atoms with van der Waals surface area (Å²) in [5.74, 6) is 0.0806. The van der Waals surface area contributed by atoms with Crippen LogP contribution in [0.2, 0.25) is 0 Å². The lowest BCUT2D eigenvalue weighted by molar-refractivity contribution is -0.138. The largest absolute Gasteiger partial charge is 0.291 e. The first-order valence-corrected chi connectivity index (χ1v) is 4.26. The van der Waals surface area contributed by atoms with Gasteiger partial charge in [-0.3, -0.25) is 9.59 Å². The van der Waals surface area contributed by atoms with Crippen molar-refractivity contribution in [3.05, 3.63) is 0 Å². The Morgan fingerprint density at radius 2 is 1.73 bits per heavy atom. The fraction of sp³-hybridized carbons (Fsp3) is 0.778. The molecule has 64 valence electrons. The van der Waals surface area contributed by atoms with Gasteiger partial charge in [-0.1, -0.05) is 20.8 Å². The van der Waals surface area contributed by atoms with Crippen LogP contribution >= 0.6 is 0 Å². The molecule has 0 heterocycles. The number of Topliss-reactive ketones (excluding diaryl/α,β-unsaturated/α-hetero) is 2. The van der Waals surface area contributed by atoms with Gasteiger partial charge in [-0.15, -0.1) is 0 Å². The van der Waals surface area contributed by atoms with Gasteiger partial charge in [0.2, 0.25) is 0 Å². The van der Waals surface area contributed by atoms with Crippen LogP contribution in [0.3, 0.4) is 0 Å². The summed E-state index contributed by atoms with van der Waals surface area (Å²) in [4.78, 5) is 21.2. The maximum absolute atomic E-state index is 10.7. The van der Waals surface area contributed by atoms with Gasteiger partial charge in [0.15, 0.2) is 11.6 Å². The van der Waals surface area contributed by atoms with E-state index in [1.165, 1.54) is 0 Å². The molecule has 1 rings (SSSR count). The monoisotopic (exact) mass is 156 g/mol. The van der Waals surface area contributed by atoms with E-state index in [4.69, 9.17) is 0 Å². The molecule has 0 saturated heterocycles. The quantitative estimate of drug-likeness (QED) is 0.502. The Morgan fingerprint density at radius 1 is 1.18 bits per heavy atom. The Balaban J connectivity index is 0.000000461. The van der Waals surface area contributed by atoms with Crippen LogP contribution in [0.15, 0.2) is 0 Å². The van der Waals surface area contributed by atoms with E-state index in [1.807, 2.05) is 20.8 Å². The Kier molecular flexibility index (Phi) is 4.75. The first-order chi connectivity index (χ1) is 5.20. The number of carbonyl (C=O) groups excluding carboxylic acids is 2. The van der Waals surface area contributed by atoms with E-state index in [0.29, 0.717) is 18.8 Å². The lowest BCUT2D eigenvalue weighted by atomic mass is 9.89. The summed E-state index contributed by atoms with van der Waals surface area (Å²) in [6, 6.07) is 0. The van der Waals surface area contributed by atoms with Gasteiger partial charge >= 0.3 is 0 Å². The van der Waals surface area contributed by atoms with E-state index < -0.39 is 0 Å². The average Bonchev–Trinajstić information content (AvgIpc) is 2.02. The molecule has 1 saturated carbocycles. The molecule has 0 aromatic heterocycles. The summed E-state index contributed by atoms with van der Waals surface area (Å²) in [6.07, 6.45) is 1.84. The highest BCUT2D eigenvalue weighted by molar-refractivity contribution is 6.37. The zero-order valence-electron chi connectivity index (χ0n) is 7.52. The molecule has 1 atom stereocenters. The molecule has 2 nitrogen and oxygen atoms in total. The third kappa shape index (κ3) is 3.30. The maximum Gasteiger partial charge on any atom is 0.198 e. The van der Waals surface area contributed by atoms with E-state index in [0.717, 1.165) is 6.42 Å². The number of hydrogen-bond donors (Lipinski definition) is 0. The Hall–Kier alpha value is -0.660. The highest BCUT2D eigenvalue weighted by atomic mass is 16.2. The molecule has 1 unspecified atom stereocenters. The average molecular weight is 156 g/mol. The van der Waals surface area contributed by atoms with Crippen molar-refractivity contribution in [2.45, 2.75) is 40.0 Å². The molecule has 0 radical (unpaired) electrons. The fourth-order valence-electron chi connectivity index (χ4n) is 1.05. The van der Waals surface area contributed by atoms with Crippen LogP contribution in [0, 0.1) is 5.92 Å². The van der Waals surface area contributed by atoms with Crippen molar-refractivity contribution in [1.29, 1.82) is 0 Å². The van der Waals surface area contributed by atoms with Crippen LogP contribution < -0.4 is 0 Å². The summed E-state index contributed by atoms with van der Waals surface area (Å²) in [6.45, 7) is 6.00. The smallest absolute Gasteiger partial charge is 0.198 e. The van der Waals surface area contributed by atoms with E-state index in [2.05, 4.69) is 0 Å². The first-order valence-electron chi connectivity index (χ1n) is 4.26. The maximum atomic E-state index is 10.7. The molecule has 0 spiro atoms. The predicted molar refractivity (Wildman–Crippen MR) is 44.4 cm³/mol. The zero-order valence-corrected chi connectivity index (χ0v) is 7.52. The Morgan fingerprint density at radius 3 is 2.09 bits per heavy atom. The van der Waals surface area contributed by atoms with Crippen molar-refractivity contribution in [2.24, 2.45) is 5.92 Å². The van der Waals surface area contributed by atoms with Gasteiger partial charge in [0, 0.05) is 12.8 Å². The second-order valence-electron chi connectivity index (χ2n) is 2.69. The number of carbonyl (C=O) groups is 2. The molecular weight excluding hydrogens is 140 g/mol. The second-order valence-corrected chi connectivity index (χ2v) is 2.69. The molecular formula is C9H16O2. The van der Waals surface area contributed by atoms with Gasteiger partial charge in [0.05, 0.1) is 0 Å². The standard InChI is InChI=1S/C7H10O2.C2H6/c1-5-2-3-6(8)7(9)4-5;1-2/h5H,2-4H2,1H3;1-2H3. The highest BCUT2D eigenvalue weighted by Gasteiger charge is 2.22. The van der Waals surface area contributed by atoms with Gasteiger partial charge < -0.3 is 0 Å². The van der Waals surface area contributed by atoms with E-state index in [9.17, 15) is 9.59 Å². The molecule has 1 aliphatic rings. The Labute approximate surface area is 68.0 Å². The van der Waals surface area contributed by atoms with Gasteiger partial charge in [0.1, 0.15) is 0 Å². The zero-order chi connectivity index (χ0) is 8.85. The van der Waals surface area contributed by atoms with Crippen LogP contribution in [0.1, 0.15) is 40.0 Å². The SMILES string of the molecule is CC.CC1CCC(=O)C(=O)C1. The molecule has 1 fully saturated rings. The molecule has 0 aliphatic heterocycles. The molecule has 1 aliphatic carbocycles. The van der Waals surface area contributed by atoms with Crippen molar-refractivity contribution < 1.29 is 9.59 Å². The molecule has 0 aromatic rings. The fourth-order valence-corrected chi connectivity index (χ4v) is 1.05. The van der Waals surface area contributed by atoms with Crippen molar-refractivity contribution in [2.75, 3.05) is 0 Å². The summed E-state index contributed by atoms with van der Waals surface area (Å²) in [7, 11) is 0. The van der Waals surface area contributed by atoms with Gasteiger partial charge in [0.25, 0.3) is 0 Å². The minimum Gasteiger partial charge on any atom is -0.291 e. The third-order valence-electron chi connectivity index (χ3n) is 1.71. The van der Waals surface area contributed by atoms with Crippen LogP contribution in [0.4, 0.5) is 0 Å². The van der Waals surface area contributed by atoms with Crippen molar-refractivity contribution in [3.8, 4) is 0 Å². The van der Waals surface area contributed by atoms with Gasteiger partial charge in [-0.05, 0) is 12.3 Å². The van der Waals surface area contributed by atoms with E-state index in [1.54, 1.807) is 0 Å². The molecule has 2 heteroatoms. The second kappa shape index (κ2) is 5.05. The normalized spacial score (nSPS) is 24.1. The third-order valence-corrected chi connectivity index (χ3v) is 1.71. The van der Waals surface area contributed by atoms with Crippen molar-refractivity contribution >= 4 is 11.6 Å². The van der Waals surface area contributed by atoms with Gasteiger partial charge in [-0.2, -0.15) is 0 Å². The van der Waals surface area contributed by atoms with Crippen molar-refractivity contribution in [1.82, 2.24) is 0 Å². The molecule has 11 heavy (non-hydrogen) atoms. The molecule has 0 amide bonds. The van der Waals surface area contributed by atoms with E-state index >= 15 is 0 Å². The highest BCUT2D eigenvalue weighted by Crippen LogP contribution is 2.17. The van der Waals surface area contributed by atoms with Crippen molar-refractivity contribution in [3.63, 3.8) is 0 Å².